The van der Waals surface area contributed by atoms with Gasteiger partial charge in [0.1, 0.15) is 0 Å². The predicted octanol–water partition coefficient (Wildman–Crippen LogP) is 3.69. The minimum Gasteiger partial charge on any atom is -0.273 e. The number of nitrogens with zero attached hydrogens (tertiary/aromatic N) is 1. The highest BCUT2D eigenvalue weighted by molar-refractivity contribution is 5.86. The van der Waals surface area contributed by atoms with E-state index in [2.05, 4.69) is 29.6 Å². The summed E-state index contributed by atoms with van der Waals surface area (Å²) in [5.74, 6) is 0.0171. The number of carbonyl (C=O) groups excluding carboxylic acids is 1. The van der Waals surface area contributed by atoms with Gasteiger partial charge in [0.05, 0.1) is 0 Å². The molecule has 0 radical (unpaired) electrons. The van der Waals surface area contributed by atoms with Gasteiger partial charge in [0.25, 0.3) is 0 Å². The molecule has 0 saturated carbocycles. The minimum absolute atomic E-state index is 0.0171. The van der Waals surface area contributed by atoms with Crippen molar-refractivity contribution in [2.24, 2.45) is 5.10 Å². The Balaban J connectivity index is 2.25. The maximum Gasteiger partial charge on any atom is 0.240 e. The lowest BCUT2D eigenvalue weighted by atomic mass is 10.1. The molecular weight excluding hydrogens is 236 g/mol. The fourth-order valence-corrected chi connectivity index (χ4v) is 1.86. The zero-order valence-corrected chi connectivity index (χ0v) is 12.0. The molecule has 1 rings (SSSR count). The van der Waals surface area contributed by atoms with E-state index in [1.807, 2.05) is 25.1 Å². The molecule has 19 heavy (non-hydrogen) atoms. The van der Waals surface area contributed by atoms with E-state index in [4.69, 9.17) is 0 Å². The lowest BCUT2D eigenvalue weighted by Gasteiger charge is -2.03. The number of nitrogens with one attached hydrogen (secondary N) is 1. The van der Waals surface area contributed by atoms with Gasteiger partial charge >= 0.3 is 0 Å². The number of amides is 1. The Morgan fingerprint density at radius 3 is 2.58 bits per heavy atom. The molecule has 104 valence electrons. The largest absolute Gasteiger partial charge is 0.273 e. The van der Waals surface area contributed by atoms with Gasteiger partial charge in [0.2, 0.25) is 5.91 Å². The Labute approximate surface area is 116 Å². The van der Waals surface area contributed by atoms with E-state index in [1.165, 1.54) is 18.4 Å². The Morgan fingerprint density at radius 1 is 1.16 bits per heavy atom. The smallest absolute Gasteiger partial charge is 0.240 e. The average Bonchev–Trinajstić information content (AvgIpc) is 2.42. The highest BCUT2D eigenvalue weighted by Gasteiger charge is 2.00. The van der Waals surface area contributed by atoms with Crippen molar-refractivity contribution >= 4 is 11.6 Å². The van der Waals surface area contributed by atoms with Crippen molar-refractivity contribution in [1.82, 2.24) is 5.43 Å². The van der Waals surface area contributed by atoms with Gasteiger partial charge < -0.3 is 0 Å². The molecule has 3 nitrogen and oxygen atoms in total. The number of hydrogen-bond acceptors (Lipinski definition) is 2. The molecule has 0 heterocycles. The fourth-order valence-electron chi connectivity index (χ4n) is 1.86. The molecule has 0 aromatic heterocycles. The first-order chi connectivity index (χ1) is 9.22. The van der Waals surface area contributed by atoms with Gasteiger partial charge in [0.15, 0.2) is 0 Å². The van der Waals surface area contributed by atoms with Gasteiger partial charge in [-0.05, 0) is 18.9 Å². The maximum atomic E-state index is 11.5. The predicted molar refractivity (Wildman–Crippen MR) is 80.2 cm³/mol. The van der Waals surface area contributed by atoms with E-state index in [1.54, 1.807) is 0 Å². The third-order valence-electron chi connectivity index (χ3n) is 2.93. The molecule has 0 unspecified atom stereocenters. The summed E-state index contributed by atoms with van der Waals surface area (Å²) in [7, 11) is 0. The Hall–Kier alpha value is -1.64. The van der Waals surface area contributed by atoms with Gasteiger partial charge in [-0.1, -0.05) is 56.5 Å². The topological polar surface area (TPSA) is 41.5 Å². The van der Waals surface area contributed by atoms with Gasteiger partial charge in [-0.15, -0.1) is 0 Å². The highest BCUT2D eigenvalue weighted by Crippen LogP contribution is 2.03. The molecule has 0 atom stereocenters. The van der Waals surface area contributed by atoms with Crippen LogP contribution in [0.1, 0.15) is 51.5 Å². The quantitative estimate of drug-likeness (QED) is 0.432. The normalized spacial score (nSPS) is 11.4. The summed E-state index contributed by atoms with van der Waals surface area (Å²) < 4.78 is 0. The summed E-state index contributed by atoms with van der Waals surface area (Å²) in [6.45, 7) is 4.10. The van der Waals surface area contributed by atoms with E-state index in [9.17, 15) is 4.79 Å². The van der Waals surface area contributed by atoms with Crippen LogP contribution in [0.4, 0.5) is 0 Å². The van der Waals surface area contributed by atoms with Gasteiger partial charge in [-0.3, -0.25) is 4.79 Å². The standard InChI is InChI=1S/C16H24N2O/c1-3-4-5-9-12-16(19)18-17-14(2)13-15-10-7-6-8-11-15/h6-8,10-11H,3-5,9,12-13H2,1-2H3,(H,18,19). The lowest BCUT2D eigenvalue weighted by Crippen LogP contribution is -2.19. The van der Waals surface area contributed by atoms with E-state index in [0.717, 1.165) is 25.0 Å². The second-order valence-electron chi connectivity index (χ2n) is 4.86. The molecule has 1 N–H and O–H groups in total. The van der Waals surface area contributed by atoms with Crippen LogP contribution in [0.5, 0.6) is 0 Å². The zero-order valence-electron chi connectivity index (χ0n) is 12.0. The SMILES string of the molecule is CCCCCCC(=O)NN=C(C)Cc1ccccc1. The second-order valence-corrected chi connectivity index (χ2v) is 4.86. The van der Waals surface area contributed by atoms with Crippen LogP contribution >= 0.6 is 0 Å². The fraction of sp³-hybridized carbons (Fsp3) is 0.500. The summed E-state index contributed by atoms with van der Waals surface area (Å²) in [6, 6.07) is 10.1. The van der Waals surface area contributed by atoms with Crippen molar-refractivity contribution in [2.45, 2.75) is 52.4 Å². The van der Waals surface area contributed by atoms with E-state index in [0.29, 0.717) is 6.42 Å². The van der Waals surface area contributed by atoms with Crippen LogP contribution in [0.15, 0.2) is 35.4 Å². The van der Waals surface area contributed by atoms with Crippen LogP contribution in [0.3, 0.4) is 0 Å². The molecule has 3 heteroatoms. The van der Waals surface area contributed by atoms with Crippen molar-refractivity contribution in [2.75, 3.05) is 0 Å². The molecule has 1 aromatic rings. The van der Waals surface area contributed by atoms with Crippen LogP contribution in [0, 0.1) is 0 Å². The van der Waals surface area contributed by atoms with Crippen LogP contribution in [-0.2, 0) is 11.2 Å². The molecule has 0 aliphatic carbocycles. The van der Waals surface area contributed by atoms with Crippen molar-refractivity contribution in [3.05, 3.63) is 35.9 Å². The minimum atomic E-state index is 0.0171. The zero-order chi connectivity index (χ0) is 13.9. The highest BCUT2D eigenvalue weighted by atomic mass is 16.2. The number of hydrogen-bond donors (Lipinski definition) is 1. The van der Waals surface area contributed by atoms with Crippen molar-refractivity contribution in [1.29, 1.82) is 0 Å². The molecule has 0 saturated heterocycles. The van der Waals surface area contributed by atoms with Crippen molar-refractivity contribution in [3.63, 3.8) is 0 Å². The number of unbranched alkanes of at least 4 members (excludes halogenated alkanes) is 3. The maximum absolute atomic E-state index is 11.5. The van der Waals surface area contributed by atoms with Gasteiger partial charge in [0, 0.05) is 18.6 Å². The summed E-state index contributed by atoms with van der Waals surface area (Å²) in [5, 5.41) is 4.14. The molecule has 0 spiro atoms. The average molecular weight is 260 g/mol. The van der Waals surface area contributed by atoms with Crippen LogP contribution < -0.4 is 5.43 Å². The first-order valence-electron chi connectivity index (χ1n) is 7.08. The third-order valence-corrected chi connectivity index (χ3v) is 2.93. The molecule has 1 aromatic carbocycles. The van der Waals surface area contributed by atoms with Gasteiger partial charge in [-0.2, -0.15) is 5.10 Å². The number of carbonyl (C=O) groups is 1. The summed E-state index contributed by atoms with van der Waals surface area (Å²) in [6.07, 6.45) is 5.81. The second kappa shape index (κ2) is 9.31. The van der Waals surface area contributed by atoms with E-state index < -0.39 is 0 Å². The number of rotatable bonds is 8. The van der Waals surface area contributed by atoms with Crippen molar-refractivity contribution < 1.29 is 4.79 Å². The van der Waals surface area contributed by atoms with Crippen LogP contribution in [-0.4, -0.2) is 11.6 Å². The number of hydrazone groups is 1. The summed E-state index contributed by atoms with van der Waals surface area (Å²) >= 11 is 0. The number of benzene rings is 1. The molecule has 1 amide bonds. The Morgan fingerprint density at radius 2 is 1.89 bits per heavy atom. The van der Waals surface area contributed by atoms with E-state index >= 15 is 0 Å². The summed E-state index contributed by atoms with van der Waals surface area (Å²) in [4.78, 5) is 11.5. The first-order valence-corrected chi connectivity index (χ1v) is 7.08. The Bertz CT molecular complexity index is 398. The molecule has 0 aliphatic rings. The summed E-state index contributed by atoms with van der Waals surface area (Å²) in [5.41, 5.74) is 4.76. The molecule has 0 aliphatic heterocycles. The molecular formula is C16H24N2O. The Kier molecular flexibility index (Phi) is 7.56. The monoisotopic (exact) mass is 260 g/mol. The molecule has 0 bridgehead atoms. The van der Waals surface area contributed by atoms with Gasteiger partial charge in [-0.25, -0.2) is 5.43 Å². The van der Waals surface area contributed by atoms with Crippen LogP contribution in [0.2, 0.25) is 0 Å². The van der Waals surface area contributed by atoms with E-state index in [-0.39, 0.29) is 5.91 Å². The van der Waals surface area contributed by atoms with Crippen LogP contribution in [0.25, 0.3) is 0 Å². The molecule has 0 fully saturated rings. The first kappa shape index (κ1) is 15.4. The lowest BCUT2D eigenvalue weighted by molar-refractivity contribution is -0.121. The van der Waals surface area contributed by atoms with Crippen molar-refractivity contribution in [3.8, 4) is 0 Å². The third kappa shape index (κ3) is 7.39.